The van der Waals surface area contributed by atoms with E-state index in [2.05, 4.69) is 20.0 Å². The van der Waals surface area contributed by atoms with Crippen molar-refractivity contribution in [2.75, 3.05) is 24.5 Å². The molecule has 0 unspecified atom stereocenters. The number of imidazole rings is 1. The molecule has 1 fully saturated rings. The normalized spacial score (nSPS) is 20.4. The van der Waals surface area contributed by atoms with Crippen LogP contribution in [0.4, 0.5) is 10.1 Å². The maximum Gasteiger partial charge on any atom is 0.254 e. The van der Waals surface area contributed by atoms with E-state index in [9.17, 15) is 14.3 Å². The molecule has 0 spiro atoms. The van der Waals surface area contributed by atoms with Crippen LogP contribution in [0.15, 0.2) is 55.0 Å². The highest BCUT2D eigenvalue weighted by Crippen LogP contribution is 2.37. The number of hydrogen-bond donors (Lipinski definition) is 2. The quantitative estimate of drug-likeness (QED) is 0.505. The molecule has 33 heavy (non-hydrogen) atoms. The number of fused-ring (bicyclic) bond motifs is 2. The summed E-state index contributed by atoms with van der Waals surface area (Å²) in [6.07, 6.45) is 4.31. The fourth-order valence-electron chi connectivity index (χ4n) is 4.91. The van der Waals surface area contributed by atoms with Gasteiger partial charge in [-0.05, 0) is 42.8 Å². The number of anilines is 1. The standard InChI is InChI=1S/C24H23FN6O2/c25-18-5-2-8-31-21(18)12-20(28-31)23-22-19(26-14-27-22)7-10-30(23)16-4-1-3-15(11-16)24(33)29-9-6-17(32)13-29/h1-5,8,11-12,14,17,23,32H,6-7,9-10,13H2,(H,26,27)/t17-,23-/m0/s1. The van der Waals surface area contributed by atoms with Crippen LogP contribution in [-0.4, -0.2) is 61.2 Å². The first-order valence-electron chi connectivity index (χ1n) is 11.1. The van der Waals surface area contributed by atoms with E-state index in [1.807, 2.05) is 18.2 Å². The molecule has 4 aromatic rings. The molecule has 2 N–H and O–H groups in total. The van der Waals surface area contributed by atoms with Crippen LogP contribution in [0, 0.1) is 5.82 Å². The third-order valence-corrected chi connectivity index (χ3v) is 6.55. The monoisotopic (exact) mass is 446 g/mol. The van der Waals surface area contributed by atoms with Crippen molar-refractivity contribution < 1.29 is 14.3 Å². The second kappa shape index (κ2) is 7.70. The number of rotatable bonds is 3. The van der Waals surface area contributed by atoms with Crippen LogP contribution in [0.3, 0.4) is 0 Å². The summed E-state index contributed by atoms with van der Waals surface area (Å²) in [6, 6.07) is 12.0. The number of β-amino-alcohol motifs (C(OH)–C–C–N with tert-alkyl or cyclic N) is 1. The van der Waals surface area contributed by atoms with Crippen LogP contribution < -0.4 is 4.90 Å². The number of nitrogens with one attached hydrogen (secondary N) is 1. The van der Waals surface area contributed by atoms with Crippen LogP contribution in [0.25, 0.3) is 5.52 Å². The molecule has 8 nitrogen and oxygen atoms in total. The minimum atomic E-state index is -0.461. The van der Waals surface area contributed by atoms with Crippen molar-refractivity contribution in [2.45, 2.75) is 25.0 Å². The molecule has 9 heteroatoms. The number of benzene rings is 1. The smallest absolute Gasteiger partial charge is 0.254 e. The first-order valence-corrected chi connectivity index (χ1v) is 11.1. The minimum Gasteiger partial charge on any atom is -0.391 e. The van der Waals surface area contributed by atoms with Gasteiger partial charge in [-0.15, -0.1) is 0 Å². The van der Waals surface area contributed by atoms with Gasteiger partial charge in [0.1, 0.15) is 17.4 Å². The summed E-state index contributed by atoms with van der Waals surface area (Å²) in [6.45, 7) is 1.61. The maximum atomic E-state index is 14.4. The van der Waals surface area contributed by atoms with Gasteiger partial charge in [-0.1, -0.05) is 6.07 Å². The first kappa shape index (κ1) is 19.9. The highest BCUT2D eigenvalue weighted by Gasteiger charge is 2.34. The number of aromatic amines is 1. The molecule has 2 atom stereocenters. The Balaban J connectivity index is 1.41. The van der Waals surface area contributed by atoms with E-state index in [1.165, 1.54) is 6.07 Å². The van der Waals surface area contributed by atoms with E-state index < -0.39 is 6.10 Å². The van der Waals surface area contributed by atoms with E-state index in [4.69, 9.17) is 0 Å². The fraction of sp³-hybridized carbons (Fsp3) is 0.292. The van der Waals surface area contributed by atoms with Crippen LogP contribution in [0.2, 0.25) is 0 Å². The maximum absolute atomic E-state index is 14.4. The van der Waals surface area contributed by atoms with Gasteiger partial charge in [0.2, 0.25) is 0 Å². The molecular formula is C24H23FN6O2. The zero-order valence-corrected chi connectivity index (χ0v) is 17.9. The Morgan fingerprint density at radius 2 is 2.09 bits per heavy atom. The highest BCUT2D eigenvalue weighted by molar-refractivity contribution is 5.95. The number of carbonyl (C=O) groups is 1. The Hall–Kier alpha value is -3.72. The number of pyridine rings is 1. The summed E-state index contributed by atoms with van der Waals surface area (Å²) in [7, 11) is 0. The molecule has 168 valence electrons. The predicted octanol–water partition coefficient (Wildman–Crippen LogP) is 2.56. The number of halogens is 1. The molecule has 3 aromatic heterocycles. The number of hydrogen-bond acceptors (Lipinski definition) is 5. The van der Waals surface area contributed by atoms with Gasteiger partial charge in [-0.2, -0.15) is 5.10 Å². The number of amides is 1. The Bertz CT molecular complexity index is 1350. The fourth-order valence-corrected chi connectivity index (χ4v) is 4.91. The average Bonchev–Trinajstić information content (AvgIpc) is 3.57. The van der Waals surface area contributed by atoms with E-state index in [1.54, 1.807) is 40.1 Å². The van der Waals surface area contributed by atoms with Crippen LogP contribution in [0.1, 0.15) is 39.9 Å². The van der Waals surface area contributed by atoms with E-state index in [0.717, 1.165) is 23.5 Å². The Morgan fingerprint density at radius 3 is 2.91 bits per heavy atom. The zero-order valence-electron chi connectivity index (χ0n) is 17.9. The van der Waals surface area contributed by atoms with Crippen molar-refractivity contribution in [3.05, 3.63) is 83.5 Å². The Kier molecular flexibility index (Phi) is 4.65. The number of nitrogens with zero attached hydrogens (tertiary/aromatic N) is 5. The van der Waals surface area contributed by atoms with Crippen molar-refractivity contribution in [3.63, 3.8) is 0 Å². The molecule has 0 radical (unpaired) electrons. The number of likely N-dealkylation sites (tertiary alicyclic amines) is 1. The van der Waals surface area contributed by atoms with Crippen molar-refractivity contribution in [1.82, 2.24) is 24.5 Å². The van der Waals surface area contributed by atoms with Gasteiger partial charge in [-0.3, -0.25) is 4.79 Å². The van der Waals surface area contributed by atoms with Crippen molar-refractivity contribution in [3.8, 4) is 0 Å². The molecule has 1 saturated heterocycles. The van der Waals surface area contributed by atoms with E-state index in [-0.39, 0.29) is 17.8 Å². The van der Waals surface area contributed by atoms with Crippen LogP contribution >= 0.6 is 0 Å². The molecule has 5 heterocycles. The second-order valence-electron chi connectivity index (χ2n) is 8.61. The first-order chi connectivity index (χ1) is 16.1. The van der Waals surface area contributed by atoms with Gasteiger partial charge in [-0.25, -0.2) is 13.9 Å². The topological polar surface area (TPSA) is 89.8 Å². The molecule has 0 saturated carbocycles. The van der Waals surface area contributed by atoms with Gasteiger partial charge < -0.3 is 19.9 Å². The molecule has 6 rings (SSSR count). The molecule has 0 bridgehead atoms. The van der Waals surface area contributed by atoms with Crippen LogP contribution in [0.5, 0.6) is 0 Å². The lowest BCUT2D eigenvalue weighted by Gasteiger charge is -2.36. The van der Waals surface area contributed by atoms with Gasteiger partial charge in [0, 0.05) is 49.2 Å². The summed E-state index contributed by atoms with van der Waals surface area (Å²) in [5, 5.41) is 14.5. The van der Waals surface area contributed by atoms with E-state index in [0.29, 0.717) is 42.8 Å². The molecule has 1 amide bonds. The van der Waals surface area contributed by atoms with E-state index >= 15 is 0 Å². The van der Waals surface area contributed by atoms with Crippen LogP contribution in [-0.2, 0) is 6.42 Å². The van der Waals surface area contributed by atoms with Gasteiger partial charge >= 0.3 is 0 Å². The number of carbonyl (C=O) groups excluding carboxylic acids is 1. The lowest BCUT2D eigenvalue weighted by molar-refractivity contribution is 0.0765. The molecule has 2 aliphatic heterocycles. The highest BCUT2D eigenvalue weighted by atomic mass is 19.1. The molecule has 2 aliphatic rings. The summed E-state index contributed by atoms with van der Waals surface area (Å²) in [5.41, 5.74) is 4.43. The average molecular weight is 446 g/mol. The summed E-state index contributed by atoms with van der Waals surface area (Å²) < 4.78 is 15.9. The lowest BCUT2D eigenvalue weighted by atomic mass is 9.98. The third kappa shape index (κ3) is 3.36. The van der Waals surface area contributed by atoms with Gasteiger partial charge in [0.25, 0.3) is 5.91 Å². The second-order valence-corrected chi connectivity index (χ2v) is 8.61. The number of H-pyrrole nitrogens is 1. The molecular weight excluding hydrogens is 423 g/mol. The Labute approximate surface area is 189 Å². The predicted molar refractivity (Wildman–Crippen MR) is 120 cm³/mol. The summed E-state index contributed by atoms with van der Waals surface area (Å²) >= 11 is 0. The largest absolute Gasteiger partial charge is 0.391 e. The third-order valence-electron chi connectivity index (χ3n) is 6.55. The minimum absolute atomic E-state index is 0.0859. The number of aliphatic hydroxyl groups is 1. The van der Waals surface area contributed by atoms with Crippen molar-refractivity contribution in [2.24, 2.45) is 0 Å². The number of aromatic nitrogens is 4. The zero-order chi connectivity index (χ0) is 22.5. The number of aliphatic hydroxyl groups excluding tert-OH is 1. The lowest BCUT2D eigenvalue weighted by Crippen LogP contribution is -2.37. The molecule has 1 aromatic carbocycles. The van der Waals surface area contributed by atoms with Crippen molar-refractivity contribution in [1.29, 1.82) is 0 Å². The summed E-state index contributed by atoms with van der Waals surface area (Å²) in [5.74, 6) is -0.418. The van der Waals surface area contributed by atoms with Gasteiger partial charge in [0.15, 0.2) is 0 Å². The van der Waals surface area contributed by atoms with Crippen molar-refractivity contribution >= 4 is 17.1 Å². The summed E-state index contributed by atoms with van der Waals surface area (Å²) in [4.78, 5) is 24.6. The molecule has 0 aliphatic carbocycles. The Morgan fingerprint density at radius 1 is 1.18 bits per heavy atom. The SMILES string of the molecule is O=C(c1cccc(N2CCc3[nH]cnc3[C@@H]2c2cc3c(F)cccn3n2)c1)N1CC[C@H](O)C1. The van der Waals surface area contributed by atoms with Gasteiger partial charge in [0.05, 0.1) is 23.8 Å².